The maximum absolute atomic E-state index is 13.9. The highest BCUT2D eigenvalue weighted by Gasteiger charge is 2.46. The molecule has 2 saturated heterocycles. The first-order chi connectivity index (χ1) is 18.4. The lowest BCUT2D eigenvalue weighted by atomic mass is 9.66. The number of rotatable bonds is 8. The summed E-state index contributed by atoms with van der Waals surface area (Å²) in [6.07, 6.45) is 5.94. The van der Waals surface area contributed by atoms with E-state index in [-0.39, 0.29) is 35.5 Å². The first kappa shape index (κ1) is 29.5. The number of piperidine rings is 1. The number of nitrogens with one attached hydrogen (secondary N) is 3. The van der Waals surface area contributed by atoms with Crippen LogP contribution in [0.3, 0.4) is 0 Å². The van der Waals surface area contributed by atoms with E-state index < -0.39 is 17.5 Å². The van der Waals surface area contributed by atoms with Crippen molar-refractivity contribution in [3.05, 3.63) is 35.6 Å². The van der Waals surface area contributed by atoms with Crippen LogP contribution in [0.15, 0.2) is 24.3 Å². The molecule has 0 spiro atoms. The van der Waals surface area contributed by atoms with Crippen molar-refractivity contribution >= 4 is 17.7 Å². The largest absolute Gasteiger partial charge is 0.351 e. The molecule has 3 amide bonds. The summed E-state index contributed by atoms with van der Waals surface area (Å²) in [4.78, 5) is 44.5. The summed E-state index contributed by atoms with van der Waals surface area (Å²) >= 11 is 0. The standard InChI is InChI=1S/C30H46FN5O3/c1-29(2,3)34-28(39)30(19-22-6-5-7-22)12-15-36(16-13-30)27(38)24(18-21-8-10-23(31)11-9-21)33-26(37)25-20-35(4)17-14-32-25/h8-11,22,24-25,32H,5-7,12-20H2,1-4H3,(H,33,37)(H,34,39)/t24-,25+/m0/s1. The van der Waals surface area contributed by atoms with Crippen molar-refractivity contribution in [3.8, 4) is 0 Å². The number of piperazine rings is 1. The number of likely N-dealkylation sites (N-methyl/N-ethyl adjacent to an activating group) is 1. The van der Waals surface area contributed by atoms with Crippen molar-refractivity contribution < 1.29 is 18.8 Å². The number of nitrogens with zero attached hydrogens (tertiary/aromatic N) is 2. The summed E-state index contributed by atoms with van der Waals surface area (Å²) in [6, 6.07) is 4.90. The molecular weight excluding hydrogens is 497 g/mol. The summed E-state index contributed by atoms with van der Waals surface area (Å²) in [7, 11) is 1.97. The van der Waals surface area contributed by atoms with Crippen LogP contribution in [0.5, 0.6) is 0 Å². The smallest absolute Gasteiger partial charge is 0.245 e. The van der Waals surface area contributed by atoms with Gasteiger partial charge in [-0.3, -0.25) is 14.4 Å². The van der Waals surface area contributed by atoms with Crippen molar-refractivity contribution in [2.45, 2.75) is 83.3 Å². The number of carbonyl (C=O) groups is 3. The number of benzene rings is 1. The lowest BCUT2D eigenvalue weighted by Crippen LogP contribution is -2.61. The first-order valence-corrected chi connectivity index (χ1v) is 14.5. The maximum atomic E-state index is 13.9. The van der Waals surface area contributed by atoms with E-state index >= 15 is 0 Å². The SMILES string of the molecule is CN1CCN[C@@H](C(=O)N[C@@H](Cc2ccc(F)cc2)C(=O)N2CCC(CC3CCC3)(C(=O)NC(C)(C)C)CC2)C1. The van der Waals surface area contributed by atoms with Crippen LogP contribution in [0.25, 0.3) is 0 Å². The molecule has 9 heteroatoms. The van der Waals surface area contributed by atoms with E-state index in [9.17, 15) is 18.8 Å². The predicted octanol–water partition coefficient (Wildman–Crippen LogP) is 2.47. The fraction of sp³-hybridized carbons (Fsp3) is 0.700. The van der Waals surface area contributed by atoms with Crippen molar-refractivity contribution in [2.24, 2.45) is 11.3 Å². The summed E-state index contributed by atoms with van der Waals surface area (Å²) in [5.74, 6) is -0.0250. The van der Waals surface area contributed by atoms with E-state index in [0.29, 0.717) is 44.9 Å². The third-order valence-corrected chi connectivity index (χ3v) is 8.57. The number of hydrogen-bond acceptors (Lipinski definition) is 5. The molecule has 1 aromatic rings. The van der Waals surface area contributed by atoms with Gasteiger partial charge in [0, 0.05) is 44.7 Å². The van der Waals surface area contributed by atoms with Gasteiger partial charge in [0.2, 0.25) is 17.7 Å². The van der Waals surface area contributed by atoms with Gasteiger partial charge in [-0.15, -0.1) is 0 Å². The van der Waals surface area contributed by atoms with Crippen LogP contribution in [0, 0.1) is 17.2 Å². The van der Waals surface area contributed by atoms with Crippen LogP contribution in [0.1, 0.15) is 64.9 Å². The van der Waals surface area contributed by atoms with E-state index in [1.807, 2.05) is 27.8 Å². The van der Waals surface area contributed by atoms with E-state index in [2.05, 4.69) is 20.9 Å². The van der Waals surface area contributed by atoms with Gasteiger partial charge in [0.15, 0.2) is 0 Å². The minimum Gasteiger partial charge on any atom is -0.351 e. The molecule has 0 bridgehead atoms. The quantitative estimate of drug-likeness (QED) is 0.469. The molecule has 0 unspecified atom stereocenters. The molecule has 8 nitrogen and oxygen atoms in total. The molecule has 2 aliphatic heterocycles. The highest BCUT2D eigenvalue weighted by Crippen LogP contribution is 2.44. The molecule has 1 saturated carbocycles. The number of hydrogen-bond donors (Lipinski definition) is 3. The van der Waals surface area contributed by atoms with Crippen LogP contribution in [0.2, 0.25) is 0 Å². The Labute approximate surface area is 232 Å². The summed E-state index contributed by atoms with van der Waals surface area (Å²) in [5, 5.41) is 9.46. The average Bonchev–Trinajstić information content (AvgIpc) is 2.86. The molecule has 4 rings (SSSR count). The molecule has 2 heterocycles. The van der Waals surface area contributed by atoms with Crippen LogP contribution in [-0.2, 0) is 20.8 Å². The van der Waals surface area contributed by atoms with Gasteiger partial charge in [-0.1, -0.05) is 31.4 Å². The number of carbonyl (C=O) groups excluding carboxylic acids is 3. The van der Waals surface area contributed by atoms with Gasteiger partial charge >= 0.3 is 0 Å². The number of halogens is 1. The van der Waals surface area contributed by atoms with Gasteiger partial charge in [0.05, 0.1) is 11.5 Å². The Hall–Kier alpha value is -2.52. The molecule has 39 heavy (non-hydrogen) atoms. The second-order valence-corrected chi connectivity index (χ2v) is 13.0. The topological polar surface area (TPSA) is 93.8 Å². The third-order valence-electron chi connectivity index (χ3n) is 8.57. The Morgan fingerprint density at radius 2 is 1.77 bits per heavy atom. The Morgan fingerprint density at radius 3 is 2.33 bits per heavy atom. The van der Waals surface area contributed by atoms with E-state index in [4.69, 9.17) is 0 Å². The van der Waals surface area contributed by atoms with Crippen LogP contribution >= 0.6 is 0 Å². The monoisotopic (exact) mass is 543 g/mol. The molecule has 3 aliphatic rings. The molecule has 1 aromatic carbocycles. The van der Waals surface area contributed by atoms with Crippen LogP contribution in [0.4, 0.5) is 4.39 Å². The maximum Gasteiger partial charge on any atom is 0.245 e. The van der Waals surface area contributed by atoms with Crippen molar-refractivity contribution in [1.82, 2.24) is 25.8 Å². The molecule has 216 valence electrons. The highest BCUT2D eigenvalue weighted by molar-refractivity contribution is 5.90. The first-order valence-electron chi connectivity index (χ1n) is 14.5. The lowest BCUT2D eigenvalue weighted by molar-refractivity contribution is -0.145. The van der Waals surface area contributed by atoms with E-state index in [0.717, 1.165) is 18.5 Å². The predicted molar refractivity (Wildman–Crippen MR) is 149 cm³/mol. The Kier molecular flexibility index (Phi) is 9.32. The summed E-state index contributed by atoms with van der Waals surface area (Å²) in [6.45, 7) is 9.09. The van der Waals surface area contributed by atoms with Gasteiger partial charge < -0.3 is 25.8 Å². The fourth-order valence-corrected chi connectivity index (χ4v) is 6.02. The van der Waals surface area contributed by atoms with Crippen molar-refractivity contribution in [3.63, 3.8) is 0 Å². The Morgan fingerprint density at radius 1 is 1.10 bits per heavy atom. The zero-order valence-corrected chi connectivity index (χ0v) is 24.0. The van der Waals surface area contributed by atoms with Gasteiger partial charge in [-0.05, 0) is 70.7 Å². The number of amides is 3. The van der Waals surface area contributed by atoms with Crippen molar-refractivity contribution in [2.75, 3.05) is 39.8 Å². The molecule has 0 radical (unpaired) electrons. The van der Waals surface area contributed by atoms with E-state index in [1.54, 1.807) is 17.0 Å². The normalized spacial score (nSPS) is 23.0. The van der Waals surface area contributed by atoms with Crippen molar-refractivity contribution in [1.29, 1.82) is 0 Å². The lowest BCUT2D eigenvalue weighted by Gasteiger charge is -2.45. The minimum atomic E-state index is -0.764. The van der Waals surface area contributed by atoms with Gasteiger partial charge in [0.1, 0.15) is 11.9 Å². The van der Waals surface area contributed by atoms with Gasteiger partial charge in [-0.25, -0.2) is 4.39 Å². The van der Waals surface area contributed by atoms with Crippen LogP contribution < -0.4 is 16.0 Å². The molecule has 1 aliphatic carbocycles. The molecule has 2 atom stereocenters. The third kappa shape index (κ3) is 7.78. The van der Waals surface area contributed by atoms with Gasteiger partial charge in [-0.2, -0.15) is 0 Å². The molecule has 0 aromatic heterocycles. The average molecular weight is 544 g/mol. The van der Waals surface area contributed by atoms with Crippen LogP contribution in [-0.4, -0.2) is 84.9 Å². The fourth-order valence-electron chi connectivity index (χ4n) is 6.02. The molecule has 3 fully saturated rings. The second kappa shape index (κ2) is 12.3. The molecule has 3 N–H and O–H groups in total. The zero-order chi connectivity index (χ0) is 28.2. The summed E-state index contributed by atoms with van der Waals surface area (Å²) < 4.78 is 13.5. The second-order valence-electron chi connectivity index (χ2n) is 13.0. The summed E-state index contributed by atoms with van der Waals surface area (Å²) in [5.41, 5.74) is -0.00574. The zero-order valence-electron chi connectivity index (χ0n) is 24.0. The minimum absolute atomic E-state index is 0.0951. The highest BCUT2D eigenvalue weighted by atomic mass is 19.1. The van der Waals surface area contributed by atoms with Gasteiger partial charge in [0.25, 0.3) is 0 Å². The Bertz CT molecular complexity index is 1010. The number of likely N-dealkylation sites (tertiary alicyclic amines) is 1. The molecular formula is C30H46FN5O3. The van der Waals surface area contributed by atoms with E-state index in [1.165, 1.54) is 31.4 Å². The Balaban J connectivity index is 1.47.